The lowest BCUT2D eigenvalue weighted by atomic mass is 10.00. The fourth-order valence-corrected chi connectivity index (χ4v) is 4.24. The van der Waals surface area contributed by atoms with Crippen LogP contribution in [0.25, 0.3) is 32.4 Å². The average Bonchev–Trinajstić information content (AvgIpc) is 3.23. The second-order valence-corrected chi connectivity index (χ2v) is 7.90. The highest BCUT2D eigenvalue weighted by molar-refractivity contribution is 6.16. The molecule has 0 saturated heterocycles. The minimum atomic E-state index is -0.0598. The first-order valence-electron chi connectivity index (χ1n) is 10.1. The van der Waals surface area contributed by atoms with Gasteiger partial charge in [0.25, 0.3) is 5.56 Å². The Morgan fingerprint density at radius 1 is 0.903 bits per heavy atom. The monoisotopic (exact) mass is 420 g/mol. The summed E-state index contributed by atoms with van der Waals surface area (Å²) in [6, 6.07) is 11.7. The maximum absolute atomic E-state index is 13.7. The molecule has 1 aliphatic rings. The second kappa shape index (κ2) is 7.35. The van der Waals surface area contributed by atoms with Gasteiger partial charge in [0.15, 0.2) is 23.0 Å². The number of nitrogens with zero attached hydrogens (tertiary/aromatic N) is 2. The highest BCUT2D eigenvalue weighted by Gasteiger charge is 2.20. The summed E-state index contributed by atoms with van der Waals surface area (Å²) in [5.41, 5.74) is 0.817. The molecule has 0 spiro atoms. The molecule has 160 valence electrons. The van der Waals surface area contributed by atoms with E-state index < -0.39 is 0 Å². The molecule has 0 aliphatic carbocycles. The maximum Gasteiger partial charge on any atom is 0.259 e. The largest absolute Gasteiger partial charge is 0.493 e. The zero-order valence-electron chi connectivity index (χ0n) is 18.0. The van der Waals surface area contributed by atoms with E-state index in [0.29, 0.717) is 29.2 Å². The highest BCUT2D eigenvalue weighted by Crippen LogP contribution is 2.40. The molecule has 0 amide bonds. The Morgan fingerprint density at radius 2 is 1.58 bits per heavy atom. The minimum absolute atomic E-state index is 0.0598. The lowest BCUT2D eigenvalue weighted by Crippen LogP contribution is -2.27. The summed E-state index contributed by atoms with van der Waals surface area (Å²) in [4.78, 5) is 15.8. The summed E-state index contributed by atoms with van der Waals surface area (Å²) < 4.78 is 24.0. The summed E-state index contributed by atoms with van der Waals surface area (Å²) in [6.45, 7) is 1.49. The third kappa shape index (κ3) is 3.04. The maximum atomic E-state index is 13.7. The van der Waals surface area contributed by atoms with E-state index >= 15 is 0 Å². The average molecular weight is 420 g/mol. The number of ether oxygens (including phenoxy) is 4. The Hall–Kier alpha value is -3.45. The molecule has 0 radical (unpaired) electrons. The van der Waals surface area contributed by atoms with Crippen molar-refractivity contribution in [1.29, 1.82) is 0 Å². The minimum Gasteiger partial charge on any atom is -0.493 e. The van der Waals surface area contributed by atoms with Crippen molar-refractivity contribution < 1.29 is 18.9 Å². The first kappa shape index (κ1) is 19.5. The number of fused-ring (bicyclic) bond motifs is 6. The van der Waals surface area contributed by atoms with Crippen molar-refractivity contribution in [3.8, 4) is 23.0 Å². The van der Waals surface area contributed by atoms with Crippen molar-refractivity contribution >= 4 is 32.4 Å². The number of aromatic nitrogens is 1. The normalized spacial score (nSPS) is 12.9. The highest BCUT2D eigenvalue weighted by atomic mass is 16.7. The molecule has 0 atom stereocenters. The molecule has 2 heterocycles. The zero-order valence-corrected chi connectivity index (χ0v) is 18.0. The number of benzene rings is 3. The van der Waals surface area contributed by atoms with Crippen LogP contribution in [0.5, 0.6) is 23.0 Å². The standard InChI is InChI=1S/C24H24N2O5/c1-25(2)7-8-26-23-15(6-5-14-9-21-22(10-16(14)23)31-13-30-21)17-11-19(28-3)20(29-4)12-18(17)24(26)27/h5-6,9-12H,7-8,13H2,1-4H3. The first-order chi connectivity index (χ1) is 15.0. The summed E-state index contributed by atoms with van der Waals surface area (Å²) in [7, 11) is 7.17. The van der Waals surface area contributed by atoms with Gasteiger partial charge < -0.3 is 28.4 Å². The smallest absolute Gasteiger partial charge is 0.259 e. The van der Waals surface area contributed by atoms with Gasteiger partial charge in [-0.15, -0.1) is 0 Å². The van der Waals surface area contributed by atoms with Crippen molar-refractivity contribution in [2.45, 2.75) is 6.54 Å². The molecule has 7 heteroatoms. The van der Waals surface area contributed by atoms with Crippen molar-refractivity contribution in [3.05, 3.63) is 46.8 Å². The molecule has 5 rings (SSSR count). The van der Waals surface area contributed by atoms with Crippen LogP contribution in [0.2, 0.25) is 0 Å². The van der Waals surface area contributed by atoms with Crippen molar-refractivity contribution in [2.75, 3.05) is 41.7 Å². The van der Waals surface area contributed by atoms with E-state index in [-0.39, 0.29) is 12.4 Å². The molecule has 1 aliphatic heterocycles. The van der Waals surface area contributed by atoms with Gasteiger partial charge in [-0.05, 0) is 43.7 Å². The zero-order chi connectivity index (χ0) is 21.7. The molecule has 1 aromatic heterocycles. The summed E-state index contributed by atoms with van der Waals surface area (Å²) in [6.07, 6.45) is 0. The summed E-state index contributed by atoms with van der Waals surface area (Å²) in [5.74, 6) is 2.54. The Balaban J connectivity index is 1.94. The van der Waals surface area contributed by atoms with Crippen LogP contribution in [-0.2, 0) is 6.54 Å². The van der Waals surface area contributed by atoms with E-state index in [2.05, 4.69) is 17.0 Å². The van der Waals surface area contributed by atoms with Crippen LogP contribution in [-0.4, -0.2) is 51.1 Å². The van der Waals surface area contributed by atoms with Crippen LogP contribution in [0, 0.1) is 0 Å². The molecule has 0 unspecified atom stereocenters. The molecule has 0 bridgehead atoms. The molecular weight excluding hydrogens is 396 g/mol. The summed E-state index contributed by atoms with van der Waals surface area (Å²) in [5, 5.41) is 4.35. The van der Waals surface area contributed by atoms with Gasteiger partial charge in [0.2, 0.25) is 6.79 Å². The molecule has 0 N–H and O–H groups in total. The predicted octanol–water partition coefficient (Wildman–Crippen LogP) is 3.62. The van der Waals surface area contributed by atoms with E-state index in [9.17, 15) is 4.79 Å². The van der Waals surface area contributed by atoms with Crippen LogP contribution < -0.4 is 24.5 Å². The van der Waals surface area contributed by atoms with Gasteiger partial charge in [-0.1, -0.05) is 12.1 Å². The van der Waals surface area contributed by atoms with E-state index in [1.807, 2.05) is 36.9 Å². The number of likely N-dealkylation sites (N-methyl/N-ethyl adjacent to an activating group) is 1. The van der Waals surface area contributed by atoms with Gasteiger partial charge in [0.1, 0.15) is 0 Å². The van der Waals surface area contributed by atoms with Gasteiger partial charge >= 0.3 is 0 Å². The second-order valence-electron chi connectivity index (χ2n) is 7.90. The third-order valence-corrected chi connectivity index (χ3v) is 5.81. The lowest BCUT2D eigenvalue weighted by molar-refractivity contribution is 0.174. The SMILES string of the molecule is COc1cc2c(=O)n(CCN(C)C)c3c4cc5c(cc4ccc3c2cc1OC)OCO5. The Kier molecular flexibility index (Phi) is 4.63. The van der Waals surface area contributed by atoms with Crippen LogP contribution >= 0.6 is 0 Å². The number of methoxy groups -OCH3 is 2. The van der Waals surface area contributed by atoms with Crippen molar-refractivity contribution in [2.24, 2.45) is 0 Å². The molecule has 0 fully saturated rings. The number of pyridine rings is 1. The van der Waals surface area contributed by atoms with Gasteiger partial charge in [0, 0.05) is 29.2 Å². The van der Waals surface area contributed by atoms with Crippen LogP contribution in [0.4, 0.5) is 0 Å². The van der Waals surface area contributed by atoms with Crippen LogP contribution in [0.15, 0.2) is 41.2 Å². The van der Waals surface area contributed by atoms with Gasteiger partial charge in [0.05, 0.1) is 25.1 Å². The van der Waals surface area contributed by atoms with E-state index in [4.69, 9.17) is 18.9 Å². The fourth-order valence-electron chi connectivity index (χ4n) is 4.24. The molecule has 4 aromatic rings. The number of hydrogen-bond donors (Lipinski definition) is 0. The van der Waals surface area contributed by atoms with E-state index in [0.717, 1.165) is 39.4 Å². The van der Waals surface area contributed by atoms with Gasteiger partial charge in [-0.2, -0.15) is 0 Å². The Bertz CT molecular complexity index is 1390. The van der Waals surface area contributed by atoms with Gasteiger partial charge in [-0.3, -0.25) is 4.79 Å². The molecule has 7 nitrogen and oxygen atoms in total. The molecular formula is C24H24N2O5. The van der Waals surface area contributed by atoms with E-state index in [1.165, 1.54) is 0 Å². The lowest BCUT2D eigenvalue weighted by Gasteiger charge is -2.18. The van der Waals surface area contributed by atoms with E-state index in [1.54, 1.807) is 20.3 Å². The Morgan fingerprint density at radius 3 is 2.26 bits per heavy atom. The van der Waals surface area contributed by atoms with Crippen molar-refractivity contribution in [3.63, 3.8) is 0 Å². The number of rotatable bonds is 5. The first-order valence-corrected chi connectivity index (χ1v) is 10.1. The molecule has 31 heavy (non-hydrogen) atoms. The van der Waals surface area contributed by atoms with Crippen LogP contribution in [0.1, 0.15) is 0 Å². The van der Waals surface area contributed by atoms with Gasteiger partial charge in [-0.25, -0.2) is 0 Å². The molecule has 3 aromatic carbocycles. The quantitative estimate of drug-likeness (QED) is 0.460. The topological polar surface area (TPSA) is 62.2 Å². The van der Waals surface area contributed by atoms with Crippen LogP contribution in [0.3, 0.4) is 0 Å². The predicted molar refractivity (Wildman–Crippen MR) is 121 cm³/mol. The molecule has 0 saturated carbocycles. The Labute approximate surface area is 179 Å². The number of hydrogen-bond acceptors (Lipinski definition) is 6. The fraction of sp³-hybridized carbons (Fsp3) is 0.292. The third-order valence-electron chi connectivity index (χ3n) is 5.81. The van der Waals surface area contributed by atoms with Crippen molar-refractivity contribution in [1.82, 2.24) is 9.47 Å². The summed E-state index contributed by atoms with van der Waals surface area (Å²) >= 11 is 0.